The van der Waals surface area contributed by atoms with E-state index in [2.05, 4.69) is 39.1 Å². The molecule has 3 rings (SSSR count). The number of ether oxygens (including phenoxy) is 2. The Morgan fingerprint density at radius 1 is 1.10 bits per heavy atom. The van der Waals surface area contributed by atoms with Crippen LogP contribution in [0.2, 0.25) is 0 Å². The summed E-state index contributed by atoms with van der Waals surface area (Å²) in [5.41, 5.74) is 1.90. The maximum absolute atomic E-state index is 13.0. The van der Waals surface area contributed by atoms with Gasteiger partial charge in [0.05, 0.1) is 6.04 Å². The third kappa shape index (κ3) is 4.58. The number of fused-ring (bicyclic) bond motifs is 1. The maximum atomic E-state index is 13.0. The molecule has 0 bridgehead atoms. The van der Waals surface area contributed by atoms with Crippen LogP contribution in [-0.4, -0.2) is 17.6 Å². The highest BCUT2D eigenvalue weighted by Gasteiger charge is 2.39. The van der Waals surface area contributed by atoms with Crippen LogP contribution in [0.15, 0.2) is 48.5 Å². The normalized spacial score (nSPS) is 18.5. The molecule has 1 aliphatic heterocycles. The van der Waals surface area contributed by atoms with Gasteiger partial charge in [-0.2, -0.15) is 0 Å². The summed E-state index contributed by atoms with van der Waals surface area (Å²) in [6, 6.07) is 15.8. The Morgan fingerprint density at radius 3 is 2.45 bits per heavy atom. The lowest BCUT2D eigenvalue weighted by Gasteiger charge is -2.42. The van der Waals surface area contributed by atoms with Gasteiger partial charge in [-0.15, -0.1) is 0 Å². The molecule has 0 unspecified atom stereocenters. The second-order valence-electron chi connectivity index (χ2n) is 8.25. The summed E-state index contributed by atoms with van der Waals surface area (Å²) >= 11 is 0. The Labute approximate surface area is 174 Å². The summed E-state index contributed by atoms with van der Waals surface area (Å²) in [5.74, 6) is 1.87. The summed E-state index contributed by atoms with van der Waals surface area (Å²) < 4.78 is 12.4. The lowest BCUT2D eigenvalue weighted by Crippen LogP contribution is -2.47. The first kappa shape index (κ1) is 21.2. The molecule has 1 amide bonds. The Balaban J connectivity index is 1.77. The molecule has 2 atom stereocenters. The number of rotatable bonds is 7. The molecular weight excluding hydrogens is 362 g/mol. The van der Waals surface area contributed by atoms with Gasteiger partial charge in [0.1, 0.15) is 17.1 Å². The highest BCUT2D eigenvalue weighted by Crippen LogP contribution is 2.42. The van der Waals surface area contributed by atoms with E-state index in [-0.39, 0.29) is 17.6 Å². The molecule has 1 aliphatic rings. The van der Waals surface area contributed by atoms with E-state index in [1.807, 2.05) is 49.4 Å². The quantitative estimate of drug-likeness (QED) is 0.647. The molecule has 29 heavy (non-hydrogen) atoms. The second kappa shape index (κ2) is 8.89. The Morgan fingerprint density at radius 2 is 1.76 bits per heavy atom. The monoisotopic (exact) mass is 395 g/mol. The first-order valence-corrected chi connectivity index (χ1v) is 10.7. The predicted octanol–water partition coefficient (Wildman–Crippen LogP) is 5.78. The molecule has 1 heterocycles. The predicted molar refractivity (Wildman–Crippen MR) is 117 cm³/mol. The number of hydrogen-bond donors (Lipinski definition) is 1. The number of carbonyl (C=O) groups is 1. The van der Waals surface area contributed by atoms with Gasteiger partial charge in [-0.1, -0.05) is 64.1 Å². The zero-order valence-corrected chi connectivity index (χ0v) is 18.2. The summed E-state index contributed by atoms with van der Waals surface area (Å²) in [5, 5.41) is 3.22. The zero-order valence-electron chi connectivity index (χ0n) is 18.2. The van der Waals surface area contributed by atoms with E-state index < -0.39 is 6.10 Å². The Hall–Kier alpha value is -2.49. The molecule has 4 heteroatoms. The van der Waals surface area contributed by atoms with Gasteiger partial charge >= 0.3 is 0 Å². The van der Waals surface area contributed by atoms with Crippen molar-refractivity contribution in [3.63, 3.8) is 0 Å². The van der Waals surface area contributed by atoms with Crippen LogP contribution in [-0.2, 0) is 4.79 Å². The lowest BCUT2D eigenvalue weighted by atomic mass is 9.83. The van der Waals surface area contributed by atoms with E-state index in [1.165, 1.54) is 0 Å². The van der Waals surface area contributed by atoms with Crippen LogP contribution in [0.5, 0.6) is 11.5 Å². The van der Waals surface area contributed by atoms with Gasteiger partial charge in [0, 0.05) is 12.0 Å². The van der Waals surface area contributed by atoms with Gasteiger partial charge < -0.3 is 14.8 Å². The fourth-order valence-electron chi connectivity index (χ4n) is 4.03. The number of amides is 1. The van der Waals surface area contributed by atoms with Crippen molar-refractivity contribution in [3.05, 3.63) is 59.7 Å². The fraction of sp³-hybridized carbons (Fsp3) is 0.480. The number of nitrogens with one attached hydrogen (secondary N) is 1. The van der Waals surface area contributed by atoms with Crippen molar-refractivity contribution in [3.8, 4) is 11.5 Å². The van der Waals surface area contributed by atoms with E-state index in [0.717, 1.165) is 41.9 Å². The van der Waals surface area contributed by atoms with Gasteiger partial charge in [0.15, 0.2) is 6.10 Å². The molecule has 0 fully saturated rings. The van der Waals surface area contributed by atoms with Crippen LogP contribution in [0, 0.1) is 0 Å². The maximum Gasteiger partial charge on any atom is 0.261 e. The van der Waals surface area contributed by atoms with E-state index in [9.17, 15) is 4.79 Å². The van der Waals surface area contributed by atoms with E-state index in [4.69, 9.17) is 9.47 Å². The van der Waals surface area contributed by atoms with Gasteiger partial charge in [0.2, 0.25) is 0 Å². The number of hydrogen-bond acceptors (Lipinski definition) is 3. The van der Waals surface area contributed by atoms with Crippen molar-refractivity contribution >= 4 is 5.91 Å². The van der Waals surface area contributed by atoms with Crippen LogP contribution in [0.1, 0.15) is 77.0 Å². The highest BCUT2D eigenvalue weighted by molar-refractivity contribution is 5.81. The molecular formula is C25H33NO3. The molecule has 0 aromatic heterocycles. The second-order valence-corrected chi connectivity index (χ2v) is 8.25. The lowest BCUT2D eigenvalue weighted by molar-refractivity contribution is -0.128. The minimum absolute atomic E-state index is 0.0845. The molecule has 2 aromatic carbocycles. The summed E-state index contributed by atoms with van der Waals surface area (Å²) in [7, 11) is 0. The van der Waals surface area contributed by atoms with Crippen molar-refractivity contribution < 1.29 is 14.3 Å². The first-order valence-electron chi connectivity index (χ1n) is 10.7. The van der Waals surface area contributed by atoms with Crippen molar-refractivity contribution in [2.45, 2.75) is 77.5 Å². The average molecular weight is 396 g/mol. The Kier molecular flexibility index (Phi) is 6.51. The average Bonchev–Trinajstić information content (AvgIpc) is 2.73. The van der Waals surface area contributed by atoms with Crippen LogP contribution in [0.25, 0.3) is 0 Å². The molecule has 0 radical (unpaired) electrons. The largest absolute Gasteiger partial charge is 0.487 e. The number of benzene rings is 2. The minimum atomic E-state index is -0.581. The Bertz CT molecular complexity index is 841. The summed E-state index contributed by atoms with van der Waals surface area (Å²) in [4.78, 5) is 13.0. The molecule has 1 N–H and O–H groups in total. The molecule has 156 valence electrons. The van der Waals surface area contributed by atoms with E-state index in [0.29, 0.717) is 5.92 Å². The zero-order chi connectivity index (χ0) is 21.0. The number of carbonyl (C=O) groups excluding carboxylic acids is 1. The van der Waals surface area contributed by atoms with Crippen molar-refractivity contribution in [2.24, 2.45) is 0 Å². The minimum Gasteiger partial charge on any atom is -0.487 e. The van der Waals surface area contributed by atoms with Crippen molar-refractivity contribution in [1.82, 2.24) is 5.32 Å². The van der Waals surface area contributed by atoms with Crippen molar-refractivity contribution in [1.29, 1.82) is 0 Å². The topological polar surface area (TPSA) is 47.6 Å². The summed E-state index contributed by atoms with van der Waals surface area (Å²) in [6.45, 7) is 10.3. The third-order valence-corrected chi connectivity index (χ3v) is 6.02. The standard InChI is InChI=1S/C25H33NO3/c1-6-25(7-2)16-21(20-13-9-11-15-23(20)29-25)26-24(27)18(5)28-22-14-10-8-12-19(22)17(3)4/h8-15,17-18,21H,6-7,16H2,1-5H3,(H,26,27)/t18-,21-/m0/s1. The van der Waals surface area contributed by atoms with Crippen LogP contribution >= 0.6 is 0 Å². The first-order chi connectivity index (χ1) is 13.9. The molecule has 0 spiro atoms. The molecule has 0 aliphatic carbocycles. The molecule has 0 saturated heterocycles. The molecule has 4 nitrogen and oxygen atoms in total. The third-order valence-electron chi connectivity index (χ3n) is 6.02. The van der Waals surface area contributed by atoms with Crippen LogP contribution < -0.4 is 14.8 Å². The smallest absolute Gasteiger partial charge is 0.261 e. The number of para-hydroxylation sites is 2. The van der Waals surface area contributed by atoms with Crippen LogP contribution in [0.3, 0.4) is 0 Å². The summed E-state index contributed by atoms with van der Waals surface area (Å²) in [6.07, 6.45) is 1.98. The van der Waals surface area contributed by atoms with Gasteiger partial charge in [0.25, 0.3) is 5.91 Å². The van der Waals surface area contributed by atoms with Gasteiger partial charge in [-0.3, -0.25) is 4.79 Å². The molecule has 2 aromatic rings. The van der Waals surface area contributed by atoms with E-state index in [1.54, 1.807) is 0 Å². The van der Waals surface area contributed by atoms with E-state index >= 15 is 0 Å². The van der Waals surface area contributed by atoms with Gasteiger partial charge in [-0.05, 0) is 43.4 Å². The van der Waals surface area contributed by atoms with Crippen molar-refractivity contribution in [2.75, 3.05) is 0 Å². The van der Waals surface area contributed by atoms with Gasteiger partial charge in [-0.25, -0.2) is 0 Å². The SMILES string of the molecule is CCC1(CC)C[C@H](NC(=O)[C@H](C)Oc2ccccc2C(C)C)c2ccccc2O1. The molecule has 0 saturated carbocycles. The fourth-order valence-corrected chi connectivity index (χ4v) is 4.03. The highest BCUT2D eigenvalue weighted by atomic mass is 16.5. The van der Waals surface area contributed by atoms with Crippen LogP contribution in [0.4, 0.5) is 0 Å².